The number of amides is 1. The van der Waals surface area contributed by atoms with Crippen LogP contribution in [0, 0.1) is 0 Å². The lowest BCUT2D eigenvalue weighted by Crippen LogP contribution is -2.13. The van der Waals surface area contributed by atoms with Crippen molar-refractivity contribution in [3.05, 3.63) is 83.5 Å². The lowest BCUT2D eigenvalue weighted by Gasteiger charge is -2.11. The minimum atomic E-state index is -0.318. The van der Waals surface area contributed by atoms with Crippen molar-refractivity contribution in [1.82, 2.24) is 4.98 Å². The summed E-state index contributed by atoms with van der Waals surface area (Å²) in [6, 6.07) is 19.5. The Balaban J connectivity index is 1.84. The van der Waals surface area contributed by atoms with E-state index in [1.165, 1.54) is 0 Å². The zero-order chi connectivity index (χ0) is 16.1. The van der Waals surface area contributed by atoms with Gasteiger partial charge >= 0.3 is 0 Å². The monoisotopic (exact) mass is 324 g/mol. The Kier molecular flexibility index (Phi) is 4.54. The molecule has 0 saturated heterocycles. The SMILES string of the molecule is O=C(Nc1cccnc1Oc1ccccc1)c1ccccc1Cl. The molecule has 0 aliphatic heterocycles. The summed E-state index contributed by atoms with van der Waals surface area (Å²) in [6.45, 7) is 0. The molecule has 5 heteroatoms. The number of anilines is 1. The molecule has 1 amide bonds. The third kappa shape index (κ3) is 3.67. The van der Waals surface area contributed by atoms with Crippen molar-refractivity contribution >= 4 is 23.2 Å². The lowest BCUT2D eigenvalue weighted by atomic mass is 10.2. The van der Waals surface area contributed by atoms with E-state index >= 15 is 0 Å². The molecule has 0 aliphatic rings. The summed E-state index contributed by atoms with van der Waals surface area (Å²) in [7, 11) is 0. The molecule has 3 aromatic rings. The van der Waals surface area contributed by atoms with Crippen LogP contribution in [0.5, 0.6) is 11.6 Å². The molecule has 1 aromatic heterocycles. The van der Waals surface area contributed by atoms with E-state index in [0.717, 1.165) is 0 Å². The van der Waals surface area contributed by atoms with Gasteiger partial charge in [0, 0.05) is 6.20 Å². The number of carbonyl (C=O) groups is 1. The summed E-state index contributed by atoms with van der Waals surface area (Å²) in [4.78, 5) is 16.5. The first-order valence-electron chi connectivity index (χ1n) is 6.98. The number of pyridine rings is 1. The Labute approximate surface area is 138 Å². The Bertz CT molecular complexity index is 822. The van der Waals surface area contributed by atoms with Crippen LogP contribution in [0.4, 0.5) is 5.69 Å². The van der Waals surface area contributed by atoms with Crippen molar-refractivity contribution in [2.75, 3.05) is 5.32 Å². The molecule has 0 unspecified atom stereocenters. The van der Waals surface area contributed by atoms with E-state index in [2.05, 4.69) is 10.3 Å². The number of ether oxygens (including phenoxy) is 1. The number of nitrogens with zero attached hydrogens (tertiary/aromatic N) is 1. The lowest BCUT2D eigenvalue weighted by molar-refractivity contribution is 0.102. The molecule has 23 heavy (non-hydrogen) atoms. The van der Waals surface area contributed by atoms with Crippen LogP contribution >= 0.6 is 11.6 Å². The van der Waals surface area contributed by atoms with Crippen LogP contribution in [-0.2, 0) is 0 Å². The predicted molar refractivity (Wildman–Crippen MR) is 90.2 cm³/mol. The Hall–Kier alpha value is -2.85. The number of hydrogen-bond acceptors (Lipinski definition) is 3. The van der Waals surface area contributed by atoms with Gasteiger partial charge in [0.05, 0.1) is 10.6 Å². The van der Waals surface area contributed by atoms with Gasteiger partial charge in [0.2, 0.25) is 5.88 Å². The summed E-state index contributed by atoms with van der Waals surface area (Å²) < 4.78 is 5.72. The van der Waals surface area contributed by atoms with Gasteiger partial charge in [0.1, 0.15) is 11.4 Å². The van der Waals surface area contributed by atoms with Crippen molar-refractivity contribution in [2.45, 2.75) is 0 Å². The fourth-order valence-electron chi connectivity index (χ4n) is 2.00. The first-order chi connectivity index (χ1) is 11.2. The maximum absolute atomic E-state index is 12.4. The molecule has 3 rings (SSSR count). The van der Waals surface area contributed by atoms with Crippen molar-refractivity contribution in [3.63, 3.8) is 0 Å². The number of carbonyl (C=O) groups excluding carboxylic acids is 1. The van der Waals surface area contributed by atoms with E-state index in [1.807, 2.05) is 30.3 Å². The minimum Gasteiger partial charge on any atom is -0.437 e. The zero-order valence-electron chi connectivity index (χ0n) is 12.1. The van der Waals surface area contributed by atoms with Crippen LogP contribution < -0.4 is 10.1 Å². The van der Waals surface area contributed by atoms with Gasteiger partial charge in [0.15, 0.2) is 0 Å². The fourth-order valence-corrected chi connectivity index (χ4v) is 2.22. The van der Waals surface area contributed by atoms with Crippen molar-refractivity contribution in [3.8, 4) is 11.6 Å². The van der Waals surface area contributed by atoms with Gasteiger partial charge < -0.3 is 10.1 Å². The molecule has 2 aromatic carbocycles. The third-order valence-electron chi connectivity index (χ3n) is 3.10. The van der Waals surface area contributed by atoms with Gasteiger partial charge in [-0.3, -0.25) is 4.79 Å². The Morgan fingerprint density at radius 3 is 2.48 bits per heavy atom. The van der Waals surface area contributed by atoms with E-state index in [1.54, 1.807) is 42.6 Å². The first kappa shape index (κ1) is 15.1. The summed E-state index contributed by atoms with van der Waals surface area (Å²) >= 11 is 6.05. The van der Waals surface area contributed by atoms with Gasteiger partial charge in [-0.25, -0.2) is 4.98 Å². The van der Waals surface area contributed by atoms with Crippen molar-refractivity contribution in [1.29, 1.82) is 0 Å². The molecular weight excluding hydrogens is 312 g/mol. The quantitative estimate of drug-likeness (QED) is 0.751. The van der Waals surface area contributed by atoms with E-state index in [4.69, 9.17) is 16.3 Å². The second-order valence-electron chi connectivity index (χ2n) is 4.71. The maximum Gasteiger partial charge on any atom is 0.257 e. The standard InChI is InChI=1S/C18H13ClN2O2/c19-15-10-5-4-9-14(15)17(22)21-16-11-6-12-20-18(16)23-13-7-2-1-3-8-13/h1-12H,(H,21,22). The summed E-state index contributed by atoms with van der Waals surface area (Å²) in [5.41, 5.74) is 0.866. The number of nitrogens with one attached hydrogen (secondary N) is 1. The molecule has 0 spiro atoms. The van der Waals surface area contributed by atoms with E-state index in [-0.39, 0.29) is 5.91 Å². The van der Waals surface area contributed by atoms with Gasteiger partial charge in [-0.05, 0) is 36.4 Å². The van der Waals surface area contributed by atoms with Crippen LogP contribution in [0.1, 0.15) is 10.4 Å². The summed E-state index contributed by atoms with van der Waals surface area (Å²) in [5.74, 6) is 0.639. The zero-order valence-corrected chi connectivity index (χ0v) is 12.8. The minimum absolute atomic E-state index is 0.318. The van der Waals surface area contributed by atoms with Crippen LogP contribution in [0.2, 0.25) is 5.02 Å². The summed E-state index contributed by atoms with van der Waals surface area (Å²) in [5, 5.41) is 3.17. The molecule has 0 aliphatic carbocycles. The molecule has 0 bridgehead atoms. The fraction of sp³-hybridized carbons (Fsp3) is 0. The number of halogens is 1. The average Bonchev–Trinajstić information content (AvgIpc) is 2.58. The van der Waals surface area contributed by atoms with Crippen LogP contribution in [0.25, 0.3) is 0 Å². The van der Waals surface area contributed by atoms with Crippen molar-refractivity contribution < 1.29 is 9.53 Å². The average molecular weight is 325 g/mol. The highest BCUT2D eigenvalue weighted by atomic mass is 35.5. The number of benzene rings is 2. The van der Waals surface area contributed by atoms with Crippen LogP contribution in [0.15, 0.2) is 72.9 Å². The molecule has 0 saturated carbocycles. The highest BCUT2D eigenvalue weighted by Crippen LogP contribution is 2.27. The van der Waals surface area contributed by atoms with E-state index in [9.17, 15) is 4.79 Å². The molecule has 4 nitrogen and oxygen atoms in total. The smallest absolute Gasteiger partial charge is 0.257 e. The molecule has 1 N–H and O–H groups in total. The van der Waals surface area contributed by atoms with E-state index in [0.29, 0.717) is 27.9 Å². The van der Waals surface area contributed by atoms with Crippen LogP contribution in [0.3, 0.4) is 0 Å². The maximum atomic E-state index is 12.4. The third-order valence-corrected chi connectivity index (χ3v) is 3.43. The van der Waals surface area contributed by atoms with E-state index < -0.39 is 0 Å². The highest BCUT2D eigenvalue weighted by molar-refractivity contribution is 6.34. The molecular formula is C18H13ClN2O2. The number of rotatable bonds is 4. The van der Waals surface area contributed by atoms with Gasteiger partial charge in [-0.15, -0.1) is 0 Å². The molecule has 114 valence electrons. The van der Waals surface area contributed by atoms with Gasteiger partial charge in [-0.1, -0.05) is 41.9 Å². The highest BCUT2D eigenvalue weighted by Gasteiger charge is 2.13. The Morgan fingerprint density at radius 1 is 0.957 bits per heavy atom. The van der Waals surface area contributed by atoms with Gasteiger partial charge in [0.25, 0.3) is 5.91 Å². The molecule has 1 heterocycles. The van der Waals surface area contributed by atoms with Crippen molar-refractivity contribution in [2.24, 2.45) is 0 Å². The number of para-hydroxylation sites is 1. The second kappa shape index (κ2) is 6.94. The predicted octanol–water partition coefficient (Wildman–Crippen LogP) is 4.78. The van der Waals surface area contributed by atoms with Crippen LogP contribution in [-0.4, -0.2) is 10.9 Å². The number of hydrogen-bond donors (Lipinski definition) is 1. The van der Waals surface area contributed by atoms with Gasteiger partial charge in [-0.2, -0.15) is 0 Å². The first-order valence-corrected chi connectivity index (χ1v) is 7.35. The molecule has 0 atom stereocenters. The largest absolute Gasteiger partial charge is 0.437 e. The second-order valence-corrected chi connectivity index (χ2v) is 5.11. The molecule has 0 fully saturated rings. The normalized spacial score (nSPS) is 10.1. The summed E-state index contributed by atoms with van der Waals surface area (Å²) in [6.07, 6.45) is 1.60. The number of aromatic nitrogens is 1. The molecule has 0 radical (unpaired) electrons. The Morgan fingerprint density at radius 2 is 1.70 bits per heavy atom. The topological polar surface area (TPSA) is 51.2 Å².